The minimum Gasteiger partial charge on any atom is -0.477 e. The number of rotatable bonds is 4. The Morgan fingerprint density at radius 1 is 1.43 bits per heavy atom. The molecule has 0 radical (unpaired) electrons. The van der Waals surface area contributed by atoms with E-state index in [9.17, 15) is 23.5 Å². The highest BCUT2D eigenvalue weighted by atomic mass is 79.9. The molecule has 0 amide bonds. The van der Waals surface area contributed by atoms with Crippen LogP contribution in [0, 0.1) is 11.6 Å². The summed E-state index contributed by atoms with van der Waals surface area (Å²) in [6, 6.07) is 0.831. The largest absolute Gasteiger partial charge is 0.477 e. The zero-order valence-electron chi connectivity index (χ0n) is 12.3. The van der Waals surface area contributed by atoms with Gasteiger partial charge < -0.3 is 9.67 Å². The molecule has 23 heavy (non-hydrogen) atoms. The maximum atomic E-state index is 14.2. The van der Waals surface area contributed by atoms with E-state index in [1.807, 2.05) is 0 Å². The van der Waals surface area contributed by atoms with Crippen LogP contribution < -0.4 is 5.43 Å². The van der Waals surface area contributed by atoms with E-state index in [4.69, 9.17) is 0 Å². The van der Waals surface area contributed by atoms with Gasteiger partial charge in [-0.25, -0.2) is 13.6 Å². The Labute approximate surface area is 138 Å². The van der Waals surface area contributed by atoms with E-state index in [1.165, 1.54) is 0 Å². The number of carbonyl (C=O) groups is 1. The van der Waals surface area contributed by atoms with Crippen molar-refractivity contribution in [3.63, 3.8) is 0 Å². The molecular weight excluding hydrogens is 372 g/mol. The van der Waals surface area contributed by atoms with Crippen molar-refractivity contribution in [2.24, 2.45) is 0 Å². The van der Waals surface area contributed by atoms with Crippen molar-refractivity contribution in [1.82, 2.24) is 4.57 Å². The predicted molar refractivity (Wildman–Crippen MR) is 85.4 cm³/mol. The van der Waals surface area contributed by atoms with E-state index in [0.29, 0.717) is 17.6 Å². The fourth-order valence-corrected chi connectivity index (χ4v) is 3.58. The van der Waals surface area contributed by atoms with E-state index in [0.717, 1.165) is 18.9 Å². The average molecular weight is 386 g/mol. The summed E-state index contributed by atoms with van der Waals surface area (Å²) >= 11 is 3.15. The highest BCUT2D eigenvalue weighted by molar-refractivity contribution is 9.08. The van der Waals surface area contributed by atoms with Crippen molar-refractivity contribution in [3.05, 3.63) is 44.7 Å². The molecule has 0 unspecified atom stereocenters. The fraction of sp³-hybridized carbons (Fsp3) is 0.375. The van der Waals surface area contributed by atoms with Gasteiger partial charge in [0.1, 0.15) is 5.56 Å². The Balaban J connectivity index is 2.61. The van der Waals surface area contributed by atoms with Crippen LogP contribution in [0.15, 0.2) is 10.9 Å². The Morgan fingerprint density at radius 3 is 2.57 bits per heavy atom. The standard InChI is InChI=1S/C16H14BrF2NO3/c1-2-11-12(16(22)23)15(21)8-5-10(18)13(19)9(6-17)14(8)20(11)7-3-4-7/h5,7H,2-4,6H2,1H3,(H,22,23). The van der Waals surface area contributed by atoms with Gasteiger partial charge in [-0.2, -0.15) is 0 Å². The van der Waals surface area contributed by atoms with Crippen LogP contribution in [-0.2, 0) is 11.8 Å². The van der Waals surface area contributed by atoms with Crippen LogP contribution in [0.1, 0.15) is 47.4 Å². The third-order valence-corrected chi connectivity index (χ3v) is 4.73. The molecule has 0 aliphatic heterocycles. The quantitative estimate of drug-likeness (QED) is 0.814. The Morgan fingerprint density at radius 2 is 2.09 bits per heavy atom. The second-order valence-corrected chi connectivity index (χ2v) is 6.15. The molecule has 2 aromatic rings. The van der Waals surface area contributed by atoms with Gasteiger partial charge in [0.25, 0.3) is 0 Å². The maximum absolute atomic E-state index is 14.2. The first kappa shape index (κ1) is 16.1. The van der Waals surface area contributed by atoms with Gasteiger partial charge >= 0.3 is 5.97 Å². The summed E-state index contributed by atoms with van der Waals surface area (Å²) in [7, 11) is 0. The van der Waals surface area contributed by atoms with Crippen LogP contribution in [0.5, 0.6) is 0 Å². The SMILES string of the molecule is CCc1c(C(=O)O)c(=O)c2cc(F)c(F)c(CBr)c2n1C1CC1. The number of carboxylic acid groups (broad SMARTS) is 1. The number of carboxylic acids is 1. The summed E-state index contributed by atoms with van der Waals surface area (Å²) in [6.45, 7) is 1.75. The van der Waals surface area contributed by atoms with Crippen LogP contribution in [0.3, 0.4) is 0 Å². The molecule has 4 nitrogen and oxygen atoms in total. The minimum atomic E-state index is -1.34. The molecular formula is C16H14BrF2NO3. The summed E-state index contributed by atoms with van der Waals surface area (Å²) in [5.41, 5.74) is -0.391. The Bertz CT molecular complexity index is 887. The van der Waals surface area contributed by atoms with Gasteiger partial charge in [0.15, 0.2) is 11.6 Å². The van der Waals surface area contributed by atoms with Gasteiger partial charge in [0, 0.05) is 22.6 Å². The summed E-state index contributed by atoms with van der Waals surface area (Å²) in [5, 5.41) is 9.38. The number of aromatic carboxylic acids is 1. The number of hydrogen-bond acceptors (Lipinski definition) is 2. The summed E-state index contributed by atoms with van der Waals surface area (Å²) < 4.78 is 29.8. The fourth-order valence-electron chi connectivity index (χ4n) is 3.06. The van der Waals surface area contributed by atoms with Gasteiger partial charge in [-0.3, -0.25) is 4.79 Å². The van der Waals surface area contributed by atoms with Crippen LogP contribution in [0.2, 0.25) is 0 Å². The lowest BCUT2D eigenvalue weighted by molar-refractivity contribution is 0.0693. The van der Waals surface area contributed by atoms with Gasteiger partial charge in [-0.1, -0.05) is 22.9 Å². The summed E-state index contributed by atoms with van der Waals surface area (Å²) in [4.78, 5) is 24.1. The van der Waals surface area contributed by atoms with Crippen molar-refractivity contribution in [2.75, 3.05) is 0 Å². The van der Waals surface area contributed by atoms with E-state index in [1.54, 1.807) is 11.5 Å². The van der Waals surface area contributed by atoms with E-state index < -0.39 is 23.0 Å². The van der Waals surface area contributed by atoms with Gasteiger partial charge in [0.05, 0.1) is 10.9 Å². The molecule has 1 heterocycles. The Hall–Kier alpha value is -1.76. The number of halogens is 3. The number of benzene rings is 1. The first-order valence-electron chi connectivity index (χ1n) is 7.29. The van der Waals surface area contributed by atoms with Crippen LogP contribution >= 0.6 is 15.9 Å². The molecule has 1 aliphatic rings. The van der Waals surface area contributed by atoms with Gasteiger partial charge in [0.2, 0.25) is 5.43 Å². The molecule has 1 aromatic heterocycles. The second kappa shape index (κ2) is 5.70. The molecule has 122 valence electrons. The maximum Gasteiger partial charge on any atom is 0.341 e. The van der Waals surface area contributed by atoms with Crippen LogP contribution in [0.25, 0.3) is 10.9 Å². The van der Waals surface area contributed by atoms with E-state index in [2.05, 4.69) is 15.9 Å². The van der Waals surface area contributed by atoms with Crippen molar-refractivity contribution in [3.8, 4) is 0 Å². The molecule has 7 heteroatoms. The molecule has 0 spiro atoms. The molecule has 1 aliphatic carbocycles. The van der Waals surface area contributed by atoms with Crippen LogP contribution in [-0.4, -0.2) is 15.6 Å². The number of nitrogens with zero attached hydrogens (tertiary/aromatic N) is 1. The topological polar surface area (TPSA) is 59.3 Å². The normalized spacial score (nSPS) is 14.4. The molecule has 1 aromatic carbocycles. The first-order chi connectivity index (χ1) is 10.9. The molecule has 1 fully saturated rings. The number of pyridine rings is 1. The molecule has 0 bridgehead atoms. The van der Waals surface area contributed by atoms with Crippen molar-refractivity contribution in [2.45, 2.75) is 37.6 Å². The molecule has 0 saturated heterocycles. The highest BCUT2D eigenvalue weighted by Gasteiger charge is 2.32. The number of alkyl halides is 1. The zero-order valence-corrected chi connectivity index (χ0v) is 13.9. The van der Waals surface area contributed by atoms with Crippen molar-refractivity contribution >= 4 is 32.8 Å². The third kappa shape index (κ3) is 2.38. The Kier molecular flexibility index (Phi) is 4.00. The lowest BCUT2D eigenvalue weighted by Crippen LogP contribution is -2.25. The number of fused-ring (bicyclic) bond motifs is 1. The second-order valence-electron chi connectivity index (χ2n) is 5.59. The minimum absolute atomic E-state index is 0.0220. The van der Waals surface area contributed by atoms with E-state index >= 15 is 0 Å². The van der Waals surface area contributed by atoms with Crippen molar-refractivity contribution in [1.29, 1.82) is 0 Å². The lowest BCUT2D eigenvalue weighted by atomic mass is 10.0. The summed E-state index contributed by atoms with van der Waals surface area (Å²) in [6.07, 6.45) is 1.97. The highest BCUT2D eigenvalue weighted by Crippen LogP contribution is 2.40. The van der Waals surface area contributed by atoms with Crippen LogP contribution in [0.4, 0.5) is 8.78 Å². The summed E-state index contributed by atoms with van der Waals surface area (Å²) in [5.74, 6) is -3.49. The molecule has 1 N–H and O–H groups in total. The number of aromatic nitrogens is 1. The van der Waals surface area contributed by atoms with Crippen molar-refractivity contribution < 1.29 is 18.7 Å². The number of hydrogen-bond donors (Lipinski definition) is 1. The molecule has 0 atom stereocenters. The van der Waals surface area contributed by atoms with Gasteiger partial charge in [-0.05, 0) is 25.3 Å². The first-order valence-corrected chi connectivity index (χ1v) is 8.41. The molecule has 3 rings (SSSR count). The van der Waals surface area contributed by atoms with Gasteiger partial charge in [-0.15, -0.1) is 0 Å². The third-order valence-electron chi connectivity index (χ3n) is 4.17. The predicted octanol–water partition coefficient (Wildman–Crippen LogP) is 3.77. The smallest absolute Gasteiger partial charge is 0.341 e. The zero-order chi connectivity index (χ0) is 16.9. The lowest BCUT2D eigenvalue weighted by Gasteiger charge is -2.20. The average Bonchev–Trinajstić information content (AvgIpc) is 3.33. The van der Waals surface area contributed by atoms with E-state index in [-0.39, 0.29) is 27.9 Å². The molecule has 1 saturated carbocycles. The monoisotopic (exact) mass is 385 g/mol.